The number of hydrogen-bond donors (Lipinski definition) is 1. The summed E-state index contributed by atoms with van der Waals surface area (Å²) in [6.45, 7) is 27.1. The number of methoxy groups -OCH3 is 1. The SMILES string of the molecule is CC(C)c1ccc(C2CCN(C)CC2)c(Cl)c1.CC(C)c1ccc(C2CCN(C)CC2)c(F)c1.CC(C)c1ccc(NC(=O)N2CCN(C)CC2)c(F)c1.COc1cc(C2CCN(C)CC2)ccc1C(C)C. The number of halogens is 3. The van der Waals surface area contributed by atoms with Gasteiger partial charge in [-0.15, -0.1) is 0 Å². The van der Waals surface area contributed by atoms with Gasteiger partial charge in [0.25, 0.3) is 0 Å². The van der Waals surface area contributed by atoms with E-state index in [1.54, 1.807) is 24.1 Å². The van der Waals surface area contributed by atoms with Gasteiger partial charge in [-0.05, 0) is 217 Å². The fourth-order valence-corrected chi connectivity index (χ4v) is 10.4. The normalized spacial score (nSPS) is 18.1. The number of amides is 2. The minimum absolute atomic E-state index is 0.00856. The highest BCUT2D eigenvalue weighted by Crippen LogP contribution is 2.36. The number of anilines is 1. The highest BCUT2D eigenvalue weighted by molar-refractivity contribution is 6.31. The summed E-state index contributed by atoms with van der Waals surface area (Å²) in [7, 11) is 10.3. The first-order valence-electron chi connectivity index (χ1n) is 27.1. The molecule has 8 rings (SSSR count). The van der Waals surface area contributed by atoms with Crippen LogP contribution in [0.4, 0.5) is 19.3 Å². The van der Waals surface area contributed by atoms with Gasteiger partial charge in [-0.2, -0.15) is 0 Å². The molecule has 398 valence electrons. The van der Waals surface area contributed by atoms with E-state index in [2.05, 4.69) is 130 Å². The first-order valence-corrected chi connectivity index (χ1v) is 27.5. The maximum Gasteiger partial charge on any atom is 0.322 e. The van der Waals surface area contributed by atoms with Crippen LogP contribution in [0.25, 0.3) is 0 Å². The molecule has 1 N–H and O–H groups in total. The Bertz CT molecular complexity index is 2200. The summed E-state index contributed by atoms with van der Waals surface area (Å²) in [6.07, 6.45) is 7.15. The highest BCUT2D eigenvalue weighted by Gasteiger charge is 2.24. The van der Waals surface area contributed by atoms with Crippen molar-refractivity contribution in [3.8, 4) is 5.75 Å². The molecule has 4 saturated heterocycles. The van der Waals surface area contributed by atoms with E-state index < -0.39 is 0 Å². The number of piperazine rings is 1. The monoisotopic (exact) mass is 1010 g/mol. The average molecular weight is 1010 g/mol. The van der Waals surface area contributed by atoms with E-state index in [1.807, 2.05) is 33.0 Å². The van der Waals surface area contributed by atoms with Crippen molar-refractivity contribution in [2.24, 2.45) is 0 Å². The maximum absolute atomic E-state index is 14.1. The second-order valence-corrected chi connectivity index (χ2v) is 22.8. The largest absolute Gasteiger partial charge is 0.496 e. The summed E-state index contributed by atoms with van der Waals surface area (Å²) in [5.74, 6) is 4.18. The van der Waals surface area contributed by atoms with Gasteiger partial charge in [-0.25, -0.2) is 13.6 Å². The van der Waals surface area contributed by atoms with E-state index >= 15 is 0 Å². The third-order valence-corrected chi connectivity index (χ3v) is 15.8. The fraction of sp³-hybridized carbons (Fsp3) is 0.590. The zero-order chi connectivity index (χ0) is 52.6. The maximum atomic E-state index is 14.1. The van der Waals surface area contributed by atoms with Gasteiger partial charge in [-0.1, -0.05) is 109 Å². The topological polar surface area (TPSA) is 54.5 Å². The van der Waals surface area contributed by atoms with Crippen LogP contribution in [0.15, 0.2) is 72.8 Å². The number of nitrogens with zero attached hydrogens (tertiary/aromatic N) is 5. The lowest BCUT2D eigenvalue weighted by Gasteiger charge is -2.32. The molecule has 4 heterocycles. The number of likely N-dealkylation sites (tertiary alicyclic amines) is 3. The number of rotatable bonds is 9. The van der Waals surface area contributed by atoms with Crippen molar-refractivity contribution >= 4 is 23.3 Å². The van der Waals surface area contributed by atoms with Crippen molar-refractivity contribution in [1.29, 1.82) is 0 Å². The number of likely N-dealkylation sites (N-methyl/N-ethyl adjacent to an activating group) is 1. The molecule has 0 saturated carbocycles. The molecule has 0 atom stereocenters. The molecule has 0 bridgehead atoms. The Morgan fingerprint density at radius 2 is 0.958 bits per heavy atom. The molecule has 11 heteroatoms. The first kappa shape index (κ1) is 58.8. The van der Waals surface area contributed by atoms with Gasteiger partial charge in [0.2, 0.25) is 0 Å². The Hall–Kier alpha value is -4.06. The van der Waals surface area contributed by atoms with Gasteiger partial charge < -0.3 is 34.6 Å². The van der Waals surface area contributed by atoms with Gasteiger partial charge in [0.15, 0.2) is 0 Å². The molecule has 4 aliphatic heterocycles. The zero-order valence-corrected chi connectivity index (χ0v) is 47.2. The predicted octanol–water partition coefficient (Wildman–Crippen LogP) is 14.4. The summed E-state index contributed by atoms with van der Waals surface area (Å²) in [4.78, 5) is 23.1. The lowest BCUT2D eigenvalue weighted by molar-refractivity contribution is 0.164. The van der Waals surface area contributed by atoms with Crippen molar-refractivity contribution in [2.75, 3.05) is 106 Å². The van der Waals surface area contributed by atoms with Crippen molar-refractivity contribution < 1.29 is 18.3 Å². The van der Waals surface area contributed by atoms with Gasteiger partial charge >= 0.3 is 6.03 Å². The fourth-order valence-electron chi connectivity index (χ4n) is 10.1. The smallest absolute Gasteiger partial charge is 0.322 e. The number of carbonyl (C=O) groups excluding carboxylic acids is 1. The van der Waals surface area contributed by atoms with E-state index in [0.717, 1.165) is 66.5 Å². The summed E-state index contributed by atoms with van der Waals surface area (Å²) in [5, 5.41) is 3.62. The minimum atomic E-state index is -0.376. The Morgan fingerprint density at radius 3 is 1.40 bits per heavy atom. The molecular weight excluding hydrogens is 922 g/mol. The van der Waals surface area contributed by atoms with E-state index in [-0.39, 0.29) is 29.3 Å². The van der Waals surface area contributed by atoms with Gasteiger partial charge in [0.1, 0.15) is 17.4 Å². The minimum Gasteiger partial charge on any atom is -0.496 e. The van der Waals surface area contributed by atoms with Crippen LogP contribution in [0.3, 0.4) is 0 Å². The molecule has 0 aromatic heterocycles. The Balaban J connectivity index is 0.000000179. The quantitative estimate of drug-likeness (QED) is 0.180. The molecule has 4 fully saturated rings. The van der Waals surface area contributed by atoms with Crippen molar-refractivity contribution in [2.45, 2.75) is 135 Å². The number of ether oxygens (including phenoxy) is 1. The standard InChI is InChI=1S/C16H25NO.C15H22ClN.C15H22FN3O.C15H22FN/c1-12(2)15-6-5-14(11-16(15)18-4)13-7-9-17(3)10-8-13;1-11(2)13-4-5-14(15(16)10-13)12-6-8-17(3)9-7-12;1-11(2)12-4-5-14(13(16)10-12)17-15(20)19-8-6-18(3)7-9-19;1-11(2)13-4-5-14(15(16)10-13)12-6-8-17(3)9-7-12/h5-6,11-13H,7-10H2,1-4H3;4-5,10-12H,6-9H2,1-3H3;4-5,10-11H,6-9H2,1-3H3,(H,17,20);4-5,10-12H,6-9H2,1-3H3. The molecule has 0 aliphatic carbocycles. The summed E-state index contributed by atoms with van der Waals surface area (Å²) >= 11 is 6.43. The van der Waals surface area contributed by atoms with E-state index in [9.17, 15) is 13.6 Å². The molecule has 0 spiro atoms. The number of urea groups is 1. The highest BCUT2D eigenvalue weighted by atomic mass is 35.5. The van der Waals surface area contributed by atoms with Crippen LogP contribution in [0, 0.1) is 11.6 Å². The van der Waals surface area contributed by atoms with Crippen LogP contribution in [-0.4, -0.2) is 131 Å². The van der Waals surface area contributed by atoms with Gasteiger partial charge in [0.05, 0.1) is 12.8 Å². The Labute approximate surface area is 439 Å². The number of hydrogen-bond acceptors (Lipinski definition) is 6. The molecule has 4 aromatic carbocycles. The number of nitrogens with one attached hydrogen (secondary N) is 1. The van der Waals surface area contributed by atoms with Crippen LogP contribution in [0.1, 0.15) is 174 Å². The third-order valence-electron chi connectivity index (χ3n) is 15.5. The van der Waals surface area contributed by atoms with Crippen LogP contribution >= 0.6 is 11.6 Å². The molecular formula is C61H91ClF2N6O2. The summed E-state index contributed by atoms with van der Waals surface area (Å²) in [5.41, 5.74) is 8.65. The molecule has 2 amide bonds. The molecule has 0 radical (unpaired) electrons. The first-order chi connectivity index (χ1) is 34.2. The third kappa shape index (κ3) is 17.5. The van der Waals surface area contributed by atoms with Gasteiger partial charge in [-0.3, -0.25) is 0 Å². The van der Waals surface area contributed by atoms with Crippen LogP contribution in [0.2, 0.25) is 5.02 Å². The number of carbonyl (C=O) groups is 1. The molecule has 8 nitrogen and oxygen atoms in total. The second kappa shape index (κ2) is 28.6. The molecule has 4 aromatic rings. The number of piperidine rings is 3. The van der Waals surface area contributed by atoms with Crippen molar-refractivity contribution in [1.82, 2.24) is 24.5 Å². The second-order valence-electron chi connectivity index (χ2n) is 22.4. The van der Waals surface area contributed by atoms with Crippen LogP contribution < -0.4 is 10.1 Å². The average Bonchev–Trinajstić information content (AvgIpc) is 3.36. The van der Waals surface area contributed by atoms with E-state index in [4.69, 9.17) is 16.3 Å². The van der Waals surface area contributed by atoms with Crippen LogP contribution in [0.5, 0.6) is 5.75 Å². The lowest BCUT2D eigenvalue weighted by Crippen LogP contribution is -2.48. The number of benzene rings is 4. The summed E-state index contributed by atoms with van der Waals surface area (Å²) in [6, 6.07) is 24.0. The molecule has 4 aliphatic rings. The molecule has 0 unspecified atom stereocenters. The zero-order valence-electron chi connectivity index (χ0n) is 46.5. The van der Waals surface area contributed by atoms with E-state index in [1.165, 1.54) is 80.2 Å². The Morgan fingerprint density at radius 1 is 0.528 bits per heavy atom. The summed E-state index contributed by atoms with van der Waals surface area (Å²) < 4.78 is 33.6. The van der Waals surface area contributed by atoms with Gasteiger partial charge in [0, 0.05) is 31.2 Å². The molecule has 72 heavy (non-hydrogen) atoms. The van der Waals surface area contributed by atoms with Crippen molar-refractivity contribution in [3.05, 3.63) is 128 Å². The lowest BCUT2D eigenvalue weighted by atomic mass is 9.88. The predicted molar refractivity (Wildman–Crippen MR) is 300 cm³/mol. The van der Waals surface area contributed by atoms with Crippen molar-refractivity contribution in [3.63, 3.8) is 0 Å². The Kier molecular flexibility index (Phi) is 23.3. The van der Waals surface area contributed by atoms with Crippen LogP contribution in [-0.2, 0) is 0 Å². The van der Waals surface area contributed by atoms with E-state index in [0.29, 0.717) is 48.6 Å².